The fraction of sp³-hybridized carbons (Fsp3) is 0.250. The average molecular weight is 369 g/mol. The second-order valence-electron chi connectivity index (χ2n) is 5.22. The van der Waals surface area contributed by atoms with Gasteiger partial charge in [0.1, 0.15) is 0 Å². The molecule has 0 aliphatic carbocycles. The van der Waals surface area contributed by atoms with Gasteiger partial charge in [0.25, 0.3) is 0 Å². The van der Waals surface area contributed by atoms with Crippen LogP contribution in [0.2, 0.25) is 5.02 Å². The first kappa shape index (κ1) is 19.4. The lowest BCUT2D eigenvalue weighted by Gasteiger charge is -2.14. The van der Waals surface area contributed by atoms with Crippen LogP contribution >= 0.6 is 36.0 Å². The largest absolute Gasteiger partial charge is 0.359 e. The number of hydrogen-bond acceptors (Lipinski definition) is 2. The Balaban J connectivity index is 2.60. The number of rotatable bonds is 6. The molecule has 0 atom stereocenters. The Bertz CT molecular complexity index is 629. The molecule has 0 saturated heterocycles. The van der Waals surface area contributed by atoms with E-state index >= 15 is 0 Å². The average Bonchev–Trinajstić information content (AvgIpc) is 2.46. The van der Waals surface area contributed by atoms with Crippen LogP contribution in [0.15, 0.2) is 42.5 Å². The van der Waals surface area contributed by atoms with Crippen LogP contribution in [0.3, 0.4) is 0 Å². The van der Waals surface area contributed by atoms with Crippen molar-refractivity contribution < 1.29 is 0 Å². The van der Waals surface area contributed by atoms with Gasteiger partial charge in [-0.3, -0.25) is 0 Å². The van der Waals surface area contributed by atoms with Gasteiger partial charge in [-0.15, -0.1) is 0 Å². The van der Waals surface area contributed by atoms with Crippen LogP contribution in [-0.2, 0) is 0 Å². The summed E-state index contributed by atoms with van der Waals surface area (Å²) >= 11 is 16.7. The minimum Gasteiger partial charge on any atom is -0.359 e. The minimum atomic E-state index is 0.495. The van der Waals surface area contributed by atoms with Crippen LogP contribution in [0.4, 0.5) is 11.4 Å². The fourth-order valence-corrected chi connectivity index (χ4v) is 2.10. The second kappa shape index (κ2) is 9.50. The molecule has 0 aromatic heterocycles. The highest BCUT2D eigenvalue weighted by atomic mass is 35.5. The van der Waals surface area contributed by atoms with Gasteiger partial charge in [-0.2, -0.15) is 0 Å². The summed E-state index contributed by atoms with van der Waals surface area (Å²) in [6.07, 6.45) is 0. The van der Waals surface area contributed by atoms with Crippen molar-refractivity contribution in [3.05, 3.63) is 47.5 Å². The summed E-state index contributed by atoms with van der Waals surface area (Å²) in [5.74, 6) is 0. The number of halogens is 1. The Labute approximate surface area is 153 Å². The predicted molar refractivity (Wildman–Crippen MR) is 110 cm³/mol. The summed E-state index contributed by atoms with van der Waals surface area (Å²) in [6, 6.07) is 5.48. The number of thiocarbonyl (C=S) groups is 2. The van der Waals surface area contributed by atoms with Gasteiger partial charge in [-0.25, -0.2) is 0 Å². The summed E-state index contributed by atoms with van der Waals surface area (Å²) in [5.41, 5.74) is 3.51. The van der Waals surface area contributed by atoms with Gasteiger partial charge in [0.2, 0.25) is 0 Å². The molecule has 1 aromatic carbocycles. The van der Waals surface area contributed by atoms with Crippen LogP contribution in [0.5, 0.6) is 0 Å². The van der Waals surface area contributed by atoms with Gasteiger partial charge in [-0.05, 0) is 56.5 Å². The van der Waals surface area contributed by atoms with Gasteiger partial charge in [0.05, 0.1) is 10.7 Å². The molecule has 0 amide bonds. The van der Waals surface area contributed by atoms with Crippen LogP contribution in [0.25, 0.3) is 0 Å². The third kappa shape index (κ3) is 7.97. The van der Waals surface area contributed by atoms with Crippen molar-refractivity contribution >= 4 is 57.6 Å². The molecule has 1 rings (SSSR count). The zero-order valence-electron chi connectivity index (χ0n) is 13.3. The summed E-state index contributed by atoms with van der Waals surface area (Å²) in [7, 11) is 0. The van der Waals surface area contributed by atoms with E-state index < -0.39 is 0 Å². The number of nitrogens with one attached hydrogen (secondary N) is 4. The van der Waals surface area contributed by atoms with E-state index in [1.165, 1.54) is 0 Å². The maximum absolute atomic E-state index is 6.26. The lowest BCUT2D eigenvalue weighted by Crippen LogP contribution is -2.30. The van der Waals surface area contributed by atoms with E-state index in [4.69, 9.17) is 36.0 Å². The minimum absolute atomic E-state index is 0.495. The van der Waals surface area contributed by atoms with Crippen molar-refractivity contribution in [2.45, 2.75) is 13.8 Å². The first-order valence-corrected chi connectivity index (χ1v) is 8.15. The van der Waals surface area contributed by atoms with E-state index in [0.717, 1.165) is 22.5 Å². The zero-order valence-corrected chi connectivity index (χ0v) is 15.6. The first-order valence-electron chi connectivity index (χ1n) is 6.96. The SMILES string of the molecule is C=C(C)CNC(=S)Nc1ccc(NC(=S)NCC(=C)C)c(Cl)c1. The molecule has 0 bridgehead atoms. The van der Waals surface area contributed by atoms with E-state index in [0.29, 0.717) is 28.3 Å². The maximum atomic E-state index is 6.26. The maximum Gasteiger partial charge on any atom is 0.171 e. The van der Waals surface area contributed by atoms with Gasteiger partial charge < -0.3 is 21.3 Å². The molecular weight excluding hydrogens is 348 g/mol. The van der Waals surface area contributed by atoms with Gasteiger partial charge in [0.15, 0.2) is 10.2 Å². The molecule has 7 heteroatoms. The third-order valence-electron chi connectivity index (χ3n) is 2.58. The van der Waals surface area contributed by atoms with Crippen molar-refractivity contribution in [2.24, 2.45) is 0 Å². The highest BCUT2D eigenvalue weighted by Crippen LogP contribution is 2.25. The smallest absolute Gasteiger partial charge is 0.171 e. The van der Waals surface area contributed by atoms with Crippen LogP contribution in [-0.4, -0.2) is 23.3 Å². The van der Waals surface area contributed by atoms with E-state index in [9.17, 15) is 0 Å². The Morgan fingerprint density at radius 3 is 2.00 bits per heavy atom. The van der Waals surface area contributed by atoms with E-state index in [1.807, 2.05) is 26.0 Å². The number of benzene rings is 1. The highest BCUT2D eigenvalue weighted by molar-refractivity contribution is 7.80. The van der Waals surface area contributed by atoms with Crippen LogP contribution < -0.4 is 21.3 Å². The Morgan fingerprint density at radius 2 is 1.52 bits per heavy atom. The Hall–Kier alpha value is -1.63. The molecule has 124 valence electrons. The second-order valence-corrected chi connectivity index (χ2v) is 6.45. The topological polar surface area (TPSA) is 48.1 Å². The van der Waals surface area contributed by atoms with E-state index in [-0.39, 0.29) is 0 Å². The molecule has 0 saturated carbocycles. The molecule has 23 heavy (non-hydrogen) atoms. The lowest BCUT2D eigenvalue weighted by atomic mass is 10.3. The molecule has 0 unspecified atom stereocenters. The molecule has 0 aliphatic heterocycles. The molecule has 4 N–H and O–H groups in total. The van der Waals surface area contributed by atoms with Gasteiger partial charge in [0, 0.05) is 18.8 Å². The monoisotopic (exact) mass is 368 g/mol. The quantitative estimate of drug-likeness (QED) is 0.448. The Morgan fingerprint density at radius 1 is 1.00 bits per heavy atom. The third-order valence-corrected chi connectivity index (χ3v) is 3.38. The molecule has 0 heterocycles. The molecular formula is C16H21ClN4S2. The summed E-state index contributed by atoms with van der Waals surface area (Å²) in [6.45, 7) is 12.7. The molecule has 0 aliphatic rings. The summed E-state index contributed by atoms with van der Waals surface area (Å²) in [5, 5.41) is 13.7. The fourth-order valence-electron chi connectivity index (χ4n) is 1.50. The predicted octanol–water partition coefficient (Wildman–Crippen LogP) is 4.07. The molecule has 0 radical (unpaired) electrons. The Kier molecular flexibility index (Phi) is 8.02. The lowest BCUT2D eigenvalue weighted by molar-refractivity contribution is 0.999. The van der Waals surface area contributed by atoms with Crippen molar-refractivity contribution in [3.8, 4) is 0 Å². The number of anilines is 2. The summed E-state index contributed by atoms with van der Waals surface area (Å²) in [4.78, 5) is 0. The molecule has 0 spiro atoms. The first-order chi connectivity index (χ1) is 10.8. The van der Waals surface area contributed by atoms with Crippen LogP contribution in [0, 0.1) is 0 Å². The molecule has 4 nitrogen and oxygen atoms in total. The van der Waals surface area contributed by atoms with E-state index in [2.05, 4.69) is 34.4 Å². The van der Waals surface area contributed by atoms with Gasteiger partial charge in [-0.1, -0.05) is 35.9 Å². The number of hydrogen-bond donors (Lipinski definition) is 4. The van der Waals surface area contributed by atoms with Crippen molar-refractivity contribution in [1.82, 2.24) is 10.6 Å². The van der Waals surface area contributed by atoms with Gasteiger partial charge >= 0.3 is 0 Å². The highest BCUT2D eigenvalue weighted by Gasteiger charge is 2.05. The zero-order chi connectivity index (χ0) is 17.4. The van der Waals surface area contributed by atoms with Crippen molar-refractivity contribution in [3.63, 3.8) is 0 Å². The van der Waals surface area contributed by atoms with Crippen molar-refractivity contribution in [2.75, 3.05) is 23.7 Å². The molecule has 1 aromatic rings. The summed E-state index contributed by atoms with van der Waals surface area (Å²) < 4.78 is 0. The van der Waals surface area contributed by atoms with Crippen molar-refractivity contribution in [1.29, 1.82) is 0 Å². The molecule has 0 fully saturated rings. The van der Waals surface area contributed by atoms with Crippen LogP contribution in [0.1, 0.15) is 13.8 Å². The van der Waals surface area contributed by atoms with E-state index in [1.54, 1.807) is 6.07 Å². The standard InChI is InChI=1S/C16H21ClN4S2/c1-10(2)8-18-15(22)20-12-5-6-14(13(17)7-12)21-16(23)19-9-11(3)4/h5-7H,1,3,8-9H2,2,4H3,(H2,18,20,22)(H2,19,21,23). The normalized spacial score (nSPS) is 9.70.